The molecule has 7 heavy (non-hydrogen) atoms. The quantitative estimate of drug-likeness (QED) is 0.419. The van der Waals surface area contributed by atoms with Crippen LogP contribution in [-0.4, -0.2) is 27.4 Å². The fourth-order valence-corrected chi connectivity index (χ4v) is 0. The second-order valence-electron chi connectivity index (χ2n) is 0. The summed E-state index contributed by atoms with van der Waals surface area (Å²) in [5, 5.41) is 0. The first kappa shape index (κ1) is 138. The Bertz CT molecular complexity index is 8.04. The Morgan fingerprint density at radius 2 is 0.429 bits per heavy atom. The van der Waals surface area contributed by atoms with Crippen molar-refractivity contribution in [1.82, 2.24) is 0 Å². The monoisotopic (exact) mass is 316 g/mol. The van der Waals surface area contributed by atoms with Gasteiger partial charge in [-0.2, -0.15) is 0 Å². The van der Waals surface area contributed by atoms with E-state index in [1.807, 2.05) is 0 Å². The third-order valence-electron chi connectivity index (χ3n) is 0. The van der Waals surface area contributed by atoms with Crippen molar-refractivity contribution in [3.8, 4) is 0 Å². The van der Waals surface area contributed by atoms with Crippen molar-refractivity contribution in [2.24, 2.45) is 0 Å². The molecule has 5 N–H and O–H groups in total. The molecule has 44 valence electrons. The first-order valence-corrected chi connectivity index (χ1v) is 0. The Hall–Kier alpha value is 2.07. The van der Waals surface area contributed by atoms with Gasteiger partial charge in [-0.1, -0.05) is 0 Å². The molecule has 0 saturated heterocycles. The molecule has 0 heterocycles. The number of hydrogen-bond donors (Lipinski definition) is 0. The average molecular weight is 314 g/mol. The molecule has 0 radical (unpaired) electrons. The third kappa shape index (κ3) is 69.3. The molecule has 0 fully saturated rings. The van der Waals surface area contributed by atoms with Gasteiger partial charge in [0, 0.05) is 0 Å². The zero-order valence-electron chi connectivity index (χ0n) is 3.59. The van der Waals surface area contributed by atoms with Gasteiger partial charge in [0.05, 0.1) is 0 Å². The van der Waals surface area contributed by atoms with Gasteiger partial charge in [0.2, 0.25) is 0 Å². The largest absolute Gasteiger partial charge is 4.00 e. The van der Waals surface area contributed by atoms with E-state index in [1.165, 1.54) is 0 Å². The van der Waals surface area contributed by atoms with Gasteiger partial charge in [-0.15, -0.1) is 0 Å². The van der Waals surface area contributed by atoms with Crippen LogP contribution < -0.4 is 51.4 Å². The fraction of sp³-hybridized carbons (Fsp3) is 0. The minimum Gasteiger partial charge on any atom is -0.870 e. The Morgan fingerprint density at radius 1 is 0.429 bits per heavy atom. The summed E-state index contributed by atoms with van der Waals surface area (Å²) < 4.78 is 0. The van der Waals surface area contributed by atoms with E-state index in [9.17, 15) is 0 Å². The maximum absolute atomic E-state index is 0. The van der Waals surface area contributed by atoms with Crippen molar-refractivity contribution in [1.29, 1.82) is 0 Å². The standard InChI is InChI=1S/K.5H2O.Os/h;5*1H2;/q+1;;;;;;+4/p-5. The molecule has 0 aliphatic heterocycles. The van der Waals surface area contributed by atoms with Gasteiger partial charge in [0.1, 0.15) is 0 Å². The van der Waals surface area contributed by atoms with Crippen LogP contribution in [0.5, 0.6) is 0 Å². The summed E-state index contributed by atoms with van der Waals surface area (Å²) in [6.45, 7) is 0. The molecule has 0 rings (SSSR count). The summed E-state index contributed by atoms with van der Waals surface area (Å²) >= 11 is 0. The third-order valence-corrected chi connectivity index (χ3v) is 0. The van der Waals surface area contributed by atoms with E-state index in [-0.39, 0.29) is 98.6 Å². The van der Waals surface area contributed by atoms with Gasteiger partial charge in [-0.3, -0.25) is 0 Å². The Morgan fingerprint density at radius 3 is 0.429 bits per heavy atom. The van der Waals surface area contributed by atoms with Crippen molar-refractivity contribution in [3.05, 3.63) is 0 Å². The molecule has 0 spiro atoms. The summed E-state index contributed by atoms with van der Waals surface area (Å²) in [5.41, 5.74) is 0. The molecular formula is H5KO5Os. The van der Waals surface area contributed by atoms with Crippen LogP contribution in [0.2, 0.25) is 0 Å². The van der Waals surface area contributed by atoms with Gasteiger partial charge < -0.3 is 27.4 Å². The van der Waals surface area contributed by atoms with E-state index in [4.69, 9.17) is 0 Å². The topological polar surface area (TPSA) is 150 Å². The molecule has 0 unspecified atom stereocenters. The molecule has 0 aliphatic rings. The first-order valence-electron chi connectivity index (χ1n) is 0. The summed E-state index contributed by atoms with van der Waals surface area (Å²) in [6, 6.07) is 0. The molecule has 5 nitrogen and oxygen atoms in total. The normalized spacial score (nSPS) is 0. The minimum atomic E-state index is 0. The van der Waals surface area contributed by atoms with Crippen LogP contribution in [0.3, 0.4) is 0 Å². The number of hydrogen-bond acceptors (Lipinski definition) is 5. The maximum atomic E-state index is 0. The van der Waals surface area contributed by atoms with Gasteiger partial charge in [-0.25, -0.2) is 0 Å². The summed E-state index contributed by atoms with van der Waals surface area (Å²) in [5.74, 6) is 0. The van der Waals surface area contributed by atoms with Crippen LogP contribution >= 0.6 is 0 Å². The van der Waals surface area contributed by atoms with Crippen molar-refractivity contribution in [2.45, 2.75) is 0 Å². The minimum absolute atomic E-state index is 0. The second kappa shape index (κ2) is 94.0. The molecule has 0 atom stereocenters. The zero-order chi connectivity index (χ0) is 0. The van der Waals surface area contributed by atoms with Gasteiger partial charge >= 0.3 is 71.2 Å². The molecule has 7 heteroatoms. The summed E-state index contributed by atoms with van der Waals surface area (Å²) in [7, 11) is 0. The van der Waals surface area contributed by atoms with Crippen LogP contribution in [0.1, 0.15) is 0 Å². The van der Waals surface area contributed by atoms with E-state index in [2.05, 4.69) is 0 Å². The fourth-order valence-electron chi connectivity index (χ4n) is 0. The molecule has 0 aliphatic carbocycles. The van der Waals surface area contributed by atoms with E-state index in [0.717, 1.165) is 0 Å². The van der Waals surface area contributed by atoms with E-state index in [0.29, 0.717) is 0 Å². The van der Waals surface area contributed by atoms with E-state index < -0.39 is 0 Å². The molecule has 0 aromatic rings. The summed E-state index contributed by atoms with van der Waals surface area (Å²) in [6.07, 6.45) is 0. The number of rotatable bonds is 0. The van der Waals surface area contributed by atoms with E-state index >= 15 is 0 Å². The smallest absolute Gasteiger partial charge is 0.870 e. The van der Waals surface area contributed by atoms with Crippen molar-refractivity contribution in [2.75, 3.05) is 0 Å². The predicted octanol–water partition coefficient (Wildman–Crippen LogP) is -3.88. The first-order chi connectivity index (χ1) is 0. The van der Waals surface area contributed by atoms with Gasteiger partial charge in [0.25, 0.3) is 0 Å². The van der Waals surface area contributed by atoms with E-state index in [1.54, 1.807) is 0 Å². The average Bonchev–Trinajstić information content (AvgIpc) is 0. The van der Waals surface area contributed by atoms with Crippen molar-refractivity contribution in [3.63, 3.8) is 0 Å². The second-order valence-corrected chi connectivity index (χ2v) is 0. The summed E-state index contributed by atoms with van der Waals surface area (Å²) in [4.78, 5) is 0. The van der Waals surface area contributed by atoms with Crippen molar-refractivity contribution < 1.29 is 98.6 Å². The Balaban J connectivity index is 0. The molecule has 0 bridgehead atoms. The van der Waals surface area contributed by atoms with Crippen LogP contribution in [0, 0.1) is 0 Å². The van der Waals surface area contributed by atoms with Crippen LogP contribution in [0.25, 0.3) is 0 Å². The zero-order valence-corrected chi connectivity index (χ0v) is 9.25. The SMILES string of the molecule is [K+].[OH-].[OH-].[OH-].[OH-].[OH-].[Os+4]. The van der Waals surface area contributed by atoms with Gasteiger partial charge in [0.15, 0.2) is 0 Å². The molecule has 0 saturated carbocycles. The molecule has 0 amide bonds. The predicted molar refractivity (Wildman–Crippen MR) is 9.68 cm³/mol. The van der Waals surface area contributed by atoms with Crippen LogP contribution in [-0.2, 0) is 19.8 Å². The maximum Gasteiger partial charge on any atom is 4.00 e. The molecule has 0 aromatic carbocycles. The Kier molecular flexibility index (Phi) is 1850. The molecular weight excluding hydrogens is 309 g/mol. The Labute approximate surface area is 96.9 Å². The van der Waals surface area contributed by atoms with Gasteiger partial charge in [-0.05, 0) is 0 Å². The molecule has 0 aromatic heterocycles. The van der Waals surface area contributed by atoms with Crippen molar-refractivity contribution >= 4 is 0 Å². The van der Waals surface area contributed by atoms with Crippen LogP contribution in [0.15, 0.2) is 0 Å². The van der Waals surface area contributed by atoms with Crippen LogP contribution in [0.4, 0.5) is 0 Å².